The van der Waals surface area contributed by atoms with E-state index in [-0.39, 0.29) is 11.5 Å². The Morgan fingerprint density at radius 3 is 2.61 bits per heavy atom. The molecule has 6 nitrogen and oxygen atoms in total. The lowest BCUT2D eigenvalue weighted by atomic mass is 9.87. The summed E-state index contributed by atoms with van der Waals surface area (Å²) in [5.41, 5.74) is 2.38. The first-order chi connectivity index (χ1) is 13.6. The summed E-state index contributed by atoms with van der Waals surface area (Å²) < 4.78 is 6.34. The Morgan fingerprint density at radius 2 is 1.96 bits per heavy atom. The summed E-state index contributed by atoms with van der Waals surface area (Å²) in [6.45, 7) is 7.19. The zero-order valence-electron chi connectivity index (χ0n) is 16.7. The Bertz CT molecular complexity index is 801. The van der Waals surface area contributed by atoms with Crippen LogP contribution in [0.1, 0.15) is 42.4 Å². The van der Waals surface area contributed by atoms with Crippen molar-refractivity contribution in [2.24, 2.45) is 0 Å². The number of nitrogens with zero attached hydrogens (tertiary/aromatic N) is 4. The molecule has 1 amide bonds. The molecule has 0 saturated carbocycles. The first-order valence-electron chi connectivity index (χ1n) is 10.1. The molecule has 148 valence electrons. The van der Waals surface area contributed by atoms with Crippen molar-refractivity contribution in [3.8, 4) is 0 Å². The van der Waals surface area contributed by atoms with E-state index in [0.29, 0.717) is 24.8 Å². The van der Waals surface area contributed by atoms with Gasteiger partial charge in [0.2, 0.25) is 0 Å². The minimum Gasteiger partial charge on any atom is -0.373 e. The van der Waals surface area contributed by atoms with E-state index in [1.165, 1.54) is 5.69 Å². The average Bonchev–Trinajstić information content (AvgIpc) is 3.13. The lowest BCUT2D eigenvalue weighted by molar-refractivity contribution is -0.0389. The van der Waals surface area contributed by atoms with E-state index >= 15 is 0 Å². The summed E-state index contributed by atoms with van der Waals surface area (Å²) >= 11 is 0. The monoisotopic (exact) mass is 380 g/mol. The van der Waals surface area contributed by atoms with Gasteiger partial charge in [-0.25, -0.2) is 4.98 Å². The molecule has 0 aliphatic carbocycles. The molecule has 2 aromatic rings. The predicted molar refractivity (Wildman–Crippen MR) is 108 cm³/mol. The molecular weight excluding hydrogens is 352 g/mol. The highest BCUT2D eigenvalue weighted by molar-refractivity contribution is 5.92. The number of anilines is 1. The quantitative estimate of drug-likeness (QED) is 0.816. The van der Waals surface area contributed by atoms with Crippen molar-refractivity contribution in [3.05, 3.63) is 54.1 Å². The van der Waals surface area contributed by atoms with E-state index in [4.69, 9.17) is 4.74 Å². The molecule has 28 heavy (non-hydrogen) atoms. The number of carbonyl (C=O) groups is 1. The van der Waals surface area contributed by atoms with E-state index in [9.17, 15) is 4.79 Å². The number of likely N-dealkylation sites (tertiary alicyclic amines) is 1. The minimum absolute atomic E-state index is 0.0311. The molecule has 2 fully saturated rings. The van der Waals surface area contributed by atoms with Gasteiger partial charge in [-0.3, -0.25) is 9.78 Å². The van der Waals surface area contributed by atoms with Crippen LogP contribution in [-0.2, 0) is 4.74 Å². The second kappa shape index (κ2) is 7.87. The molecule has 2 aliphatic rings. The highest BCUT2D eigenvalue weighted by Gasteiger charge is 2.45. The Kier molecular flexibility index (Phi) is 5.31. The van der Waals surface area contributed by atoms with E-state index in [2.05, 4.69) is 52.1 Å². The first kappa shape index (κ1) is 18.9. The van der Waals surface area contributed by atoms with Gasteiger partial charge < -0.3 is 14.5 Å². The third-order valence-corrected chi connectivity index (χ3v) is 6.02. The molecule has 6 heteroatoms. The number of aromatic nitrogens is 2. The number of piperidine rings is 1. The molecule has 1 aromatic heterocycles. The van der Waals surface area contributed by atoms with Crippen LogP contribution in [0.15, 0.2) is 42.7 Å². The van der Waals surface area contributed by atoms with Crippen molar-refractivity contribution in [1.82, 2.24) is 14.9 Å². The molecule has 1 spiro atoms. The second-order valence-corrected chi connectivity index (χ2v) is 7.81. The maximum Gasteiger partial charge on any atom is 0.274 e. The molecular formula is C22H28N4O2. The Hall–Kier alpha value is -2.47. The van der Waals surface area contributed by atoms with Gasteiger partial charge in [-0.05, 0) is 45.2 Å². The van der Waals surface area contributed by atoms with Crippen LogP contribution in [0.5, 0.6) is 0 Å². The molecule has 2 saturated heterocycles. The third kappa shape index (κ3) is 3.74. The van der Waals surface area contributed by atoms with Crippen molar-refractivity contribution < 1.29 is 9.53 Å². The summed E-state index contributed by atoms with van der Waals surface area (Å²) in [5.74, 6) is -0.0311. The molecule has 0 radical (unpaired) electrons. The largest absolute Gasteiger partial charge is 0.373 e. The molecule has 1 aromatic carbocycles. The number of amides is 1. The lowest BCUT2D eigenvalue weighted by Crippen LogP contribution is -2.47. The number of benzene rings is 1. The van der Waals surface area contributed by atoms with Gasteiger partial charge in [0.1, 0.15) is 5.69 Å². The Morgan fingerprint density at radius 1 is 1.21 bits per heavy atom. The van der Waals surface area contributed by atoms with Gasteiger partial charge in [-0.15, -0.1) is 0 Å². The summed E-state index contributed by atoms with van der Waals surface area (Å²) in [7, 11) is 0. The zero-order valence-corrected chi connectivity index (χ0v) is 16.7. The van der Waals surface area contributed by atoms with E-state index < -0.39 is 0 Å². The zero-order chi connectivity index (χ0) is 19.6. The Balaban J connectivity index is 1.38. The molecule has 3 heterocycles. The summed E-state index contributed by atoms with van der Waals surface area (Å²) in [4.78, 5) is 25.4. The number of ether oxygens (including phenoxy) is 1. The van der Waals surface area contributed by atoms with Gasteiger partial charge >= 0.3 is 0 Å². The van der Waals surface area contributed by atoms with Gasteiger partial charge in [-0.1, -0.05) is 18.2 Å². The van der Waals surface area contributed by atoms with Gasteiger partial charge in [0.25, 0.3) is 5.91 Å². The average molecular weight is 380 g/mol. The van der Waals surface area contributed by atoms with Gasteiger partial charge in [-0.2, -0.15) is 0 Å². The fourth-order valence-corrected chi connectivity index (χ4v) is 4.42. The highest BCUT2D eigenvalue weighted by Crippen LogP contribution is 2.39. The summed E-state index contributed by atoms with van der Waals surface area (Å²) in [6.07, 6.45) is 5.99. The predicted octanol–water partition coefficient (Wildman–Crippen LogP) is 3.08. The fourth-order valence-electron chi connectivity index (χ4n) is 4.42. The summed E-state index contributed by atoms with van der Waals surface area (Å²) in [5, 5.41) is 0. The number of aryl methyl sites for hydroxylation is 1. The van der Waals surface area contributed by atoms with Crippen LogP contribution in [0.3, 0.4) is 0 Å². The molecule has 2 aliphatic heterocycles. The van der Waals surface area contributed by atoms with E-state index in [1.807, 2.05) is 11.8 Å². The minimum atomic E-state index is -0.109. The molecule has 4 rings (SSSR count). The van der Waals surface area contributed by atoms with Crippen molar-refractivity contribution in [1.29, 1.82) is 0 Å². The lowest BCUT2D eigenvalue weighted by Gasteiger charge is -2.39. The standard InChI is InChI=1S/C22H28N4O2/c1-3-26(18-7-5-4-6-8-18)19-13-22(28-16-19)9-11-25(12-10-22)21(27)20-15-23-17(2)14-24-20/h4-8,14-15,19H,3,9-13,16H2,1-2H3/t19-/m0/s1. The van der Waals surface area contributed by atoms with Crippen molar-refractivity contribution >= 4 is 11.6 Å². The number of carbonyl (C=O) groups excluding carboxylic acids is 1. The smallest absolute Gasteiger partial charge is 0.274 e. The van der Waals surface area contributed by atoms with Crippen LogP contribution >= 0.6 is 0 Å². The number of likely N-dealkylation sites (N-methyl/N-ethyl adjacent to an activating group) is 1. The fraction of sp³-hybridized carbons (Fsp3) is 0.500. The molecule has 0 N–H and O–H groups in total. The third-order valence-electron chi connectivity index (χ3n) is 6.02. The number of para-hydroxylation sites is 1. The van der Waals surface area contributed by atoms with E-state index in [1.54, 1.807) is 12.4 Å². The maximum absolute atomic E-state index is 12.7. The van der Waals surface area contributed by atoms with Crippen molar-refractivity contribution in [2.75, 3.05) is 31.1 Å². The van der Waals surface area contributed by atoms with Gasteiger partial charge in [0, 0.05) is 31.5 Å². The van der Waals surface area contributed by atoms with Crippen LogP contribution in [0.25, 0.3) is 0 Å². The molecule has 0 unspecified atom stereocenters. The van der Waals surface area contributed by atoms with Crippen LogP contribution in [0.2, 0.25) is 0 Å². The molecule has 0 bridgehead atoms. The number of hydrogen-bond donors (Lipinski definition) is 0. The molecule has 1 atom stereocenters. The number of hydrogen-bond acceptors (Lipinski definition) is 5. The Labute approximate surface area is 166 Å². The normalized spacial score (nSPS) is 21.1. The van der Waals surface area contributed by atoms with Crippen molar-refractivity contribution in [3.63, 3.8) is 0 Å². The van der Waals surface area contributed by atoms with Crippen molar-refractivity contribution in [2.45, 2.75) is 44.8 Å². The van der Waals surface area contributed by atoms with Gasteiger partial charge in [0.05, 0.1) is 30.1 Å². The first-order valence-corrected chi connectivity index (χ1v) is 10.1. The maximum atomic E-state index is 12.7. The van der Waals surface area contributed by atoms with Crippen LogP contribution in [-0.4, -0.2) is 58.7 Å². The highest BCUT2D eigenvalue weighted by atomic mass is 16.5. The van der Waals surface area contributed by atoms with Crippen LogP contribution in [0, 0.1) is 6.92 Å². The van der Waals surface area contributed by atoms with Crippen LogP contribution < -0.4 is 4.90 Å². The van der Waals surface area contributed by atoms with Crippen LogP contribution in [0.4, 0.5) is 5.69 Å². The topological polar surface area (TPSA) is 58.6 Å². The second-order valence-electron chi connectivity index (χ2n) is 7.81. The number of rotatable bonds is 4. The summed E-state index contributed by atoms with van der Waals surface area (Å²) in [6, 6.07) is 10.9. The SMILES string of the molecule is CCN(c1ccccc1)[C@@H]1COC2(CCN(C(=O)c3cnc(C)cn3)CC2)C1. The van der Waals surface area contributed by atoms with Gasteiger partial charge in [0.15, 0.2) is 0 Å². The van der Waals surface area contributed by atoms with E-state index in [0.717, 1.165) is 38.1 Å².